The molecule has 1 aliphatic rings. The van der Waals surface area contributed by atoms with Gasteiger partial charge in [0.25, 0.3) is 0 Å². The molecule has 0 aliphatic carbocycles. The third kappa shape index (κ3) is 3.53. The monoisotopic (exact) mass is 247 g/mol. The molecule has 1 aromatic rings. The van der Waals surface area contributed by atoms with Gasteiger partial charge in [0.2, 0.25) is 5.91 Å². The highest BCUT2D eigenvalue weighted by atomic mass is 16.1. The molecule has 0 radical (unpaired) electrons. The van der Waals surface area contributed by atoms with E-state index in [9.17, 15) is 4.79 Å². The lowest BCUT2D eigenvalue weighted by Crippen LogP contribution is -2.31. The minimum atomic E-state index is 0.113. The summed E-state index contributed by atoms with van der Waals surface area (Å²) in [5.74, 6) is 0.113. The van der Waals surface area contributed by atoms with Gasteiger partial charge in [-0.1, -0.05) is 13.0 Å². The molecule has 2 heterocycles. The number of hydrogen-bond donors (Lipinski definition) is 2. The van der Waals surface area contributed by atoms with E-state index in [1.165, 1.54) is 12.0 Å². The molecule has 0 saturated carbocycles. The first-order valence-corrected chi connectivity index (χ1v) is 6.72. The highest BCUT2D eigenvalue weighted by Crippen LogP contribution is 2.09. The Labute approximate surface area is 108 Å². The van der Waals surface area contributed by atoms with Crippen molar-refractivity contribution < 1.29 is 4.79 Å². The average molecular weight is 247 g/mol. The largest absolute Gasteiger partial charge is 0.350 e. The van der Waals surface area contributed by atoms with E-state index in [1.54, 1.807) is 6.20 Å². The number of nitrogens with one attached hydrogen (secondary N) is 2. The zero-order chi connectivity index (χ0) is 12.8. The summed E-state index contributed by atoms with van der Waals surface area (Å²) >= 11 is 0. The molecule has 1 aromatic heterocycles. The van der Waals surface area contributed by atoms with Crippen molar-refractivity contribution in [2.45, 2.75) is 45.2 Å². The van der Waals surface area contributed by atoms with Crippen molar-refractivity contribution in [3.05, 3.63) is 29.6 Å². The Morgan fingerprint density at radius 1 is 1.61 bits per heavy atom. The van der Waals surface area contributed by atoms with Gasteiger partial charge >= 0.3 is 0 Å². The van der Waals surface area contributed by atoms with Crippen LogP contribution < -0.4 is 10.6 Å². The van der Waals surface area contributed by atoms with E-state index in [1.807, 2.05) is 6.07 Å². The maximum absolute atomic E-state index is 11.8. The van der Waals surface area contributed by atoms with Crippen LogP contribution in [0.3, 0.4) is 0 Å². The summed E-state index contributed by atoms with van der Waals surface area (Å²) in [6.45, 7) is 3.68. The van der Waals surface area contributed by atoms with Gasteiger partial charge in [-0.05, 0) is 37.4 Å². The van der Waals surface area contributed by atoms with E-state index in [0.29, 0.717) is 19.0 Å². The Hall–Kier alpha value is -1.42. The van der Waals surface area contributed by atoms with E-state index in [0.717, 1.165) is 25.1 Å². The summed E-state index contributed by atoms with van der Waals surface area (Å²) in [4.78, 5) is 16.1. The lowest BCUT2D eigenvalue weighted by Gasteiger charge is -2.11. The molecule has 18 heavy (non-hydrogen) atoms. The first-order chi connectivity index (χ1) is 8.79. The summed E-state index contributed by atoms with van der Waals surface area (Å²) < 4.78 is 0. The number of aromatic nitrogens is 1. The fourth-order valence-electron chi connectivity index (χ4n) is 2.36. The van der Waals surface area contributed by atoms with Gasteiger partial charge in [-0.2, -0.15) is 0 Å². The molecule has 0 spiro atoms. The molecule has 0 bridgehead atoms. The third-order valence-electron chi connectivity index (χ3n) is 3.41. The van der Waals surface area contributed by atoms with E-state index in [2.05, 4.69) is 28.6 Å². The molecule has 4 nitrogen and oxygen atoms in total. The van der Waals surface area contributed by atoms with Crippen LogP contribution in [0.1, 0.15) is 37.4 Å². The van der Waals surface area contributed by atoms with Crippen molar-refractivity contribution in [3.8, 4) is 0 Å². The Morgan fingerprint density at radius 3 is 3.22 bits per heavy atom. The summed E-state index contributed by atoms with van der Waals surface area (Å²) in [5.41, 5.74) is 2.18. The van der Waals surface area contributed by atoms with Crippen LogP contribution in [0.5, 0.6) is 0 Å². The van der Waals surface area contributed by atoms with Crippen molar-refractivity contribution in [2.24, 2.45) is 0 Å². The second-order valence-electron chi connectivity index (χ2n) is 4.74. The minimum Gasteiger partial charge on any atom is -0.350 e. The van der Waals surface area contributed by atoms with Crippen LogP contribution in [0.4, 0.5) is 0 Å². The van der Waals surface area contributed by atoms with Gasteiger partial charge in [-0.25, -0.2) is 0 Å². The lowest BCUT2D eigenvalue weighted by molar-refractivity contribution is -0.121. The summed E-state index contributed by atoms with van der Waals surface area (Å²) in [5, 5.41) is 6.29. The highest BCUT2D eigenvalue weighted by molar-refractivity contribution is 5.76. The molecule has 1 aliphatic heterocycles. The van der Waals surface area contributed by atoms with Crippen LogP contribution in [0.2, 0.25) is 0 Å². The number of aryl methyl sites for hydroxylation is 1. The molecule has 1 fully saturated rings. The predicted molar refractivity (Wildman–Crippen MR) is 71.1 cm³/mol. The Balaban J connectivity index is 1.81. The molecule has 1 amide bonds. The molecule has 98 valence electrons. The standard InChI is InChI=1S/C14H21N3O/c1-2-11-5-3-8-16-13(11)10-17-14(18)9-12-6-4-7-15-12/h3,5,8,12,15H,2,4,6-7,9-10H2,1H3,(H,17,18). The molecule has 1 unspecified atom stereocenters. The van der Waals surface area contributed by atoms with Gasteiger partial charge in [-0.15, -0.1) is 0 Å². The van der Waals surface area contributed by atoms with Crippen molar-refractivity contribution in [1.29, 1.82) is 0 Å². The van der Waals surface area contributed by atoms with Crippen LogP contribution in [0.25, 0.3) is 0 Å². The zero-order valence-corrected chi connectivity index (χ0v) is 10.9. The quantitative estimate of drug-likeness (QED) is 0.827. The van der Waals surface area contributed by atoms with Gasteiger partial charge in [0.1, 0.15) is 0 Å². The number of hydrogen-bond acceptors (Lipinski definition) is 3. The number of carbonyl (C=O) groups excluding carboxylic acids is 1. The van der Waals surface area contributed by atoms with Gasteiger partial charge in [0.15, 0.2) is 0 Å². The first-order valence-electron chi connectivity index (χ1n) is 6.72. The zero-order valence-electron chi connectivity index (χ0n) is 10.9. The van der Waals surface area contributed by atoms with Crippen molar-refractivity contribution in [1.82, 2.24) is 15.6 Å². The van der Waals surface area contributed by atoms with E-state index in [4.69, 9.17) is 0 Å². The third-order valence-corrected chi connectivity index (χ3v) is 3.41. The molecular weight excluding hydrogens is 226 g/mol. The maximum atomic E-state index is 11.8. The van der Waals surface area contributed by atoms with Crippen molar-refractivity contribution in [2.75, 3.05) is 6.54 Å². The predicted octanol–water partition coefficient (Wildman–Crippen LogP) is 1.40. The Morgan fingerprint density at radius 2 is 2.50 bits per heavy atom. The van der Waals surface area contributed by atoms with Gasteiger partial charge < -0.3 is 10.6 Å². The summed E-state index contributed by atoms with van der Waals surface area (Å²) in [6, 6.07) is 4.36. The Kier molecular flexibility index (Phi) is 4.70. The minimum absolute atomic E-state index is 0.113. The van der Waals surface area contributed by atoms with Crippen LogP contribution in [-0.4, -0.2) is 23.5 Å². The van der Waals surface area contributed by atoms with Gasteiger partial charge in [-0.3, -0.25) is 9.78 Å². The van der Waals surface area contributed by atoms with Crippen LogP contribution in [0, 0.1) is 0 Å². The number of amides is 1. The maximum Gasteiger partial charge on any atom is 0.221 e. The molecule has 4 heteroatoms. The molecule has 2 N–H and O–H groups in total. The van der Waals surface area contributed by atoms with E-state index >= 15 is 0 Å². The number of carbonyl (C=O) groups is 1. The fraction of sp³-hybridized carbons (Fsp3) is 0.571. The second kappa shape index (κ2) is 6.50. The van der Waals surface area contributed by atoms with E-state index in [-0.39, 0.29) is 5.91 Å². The summed E-state index contributed by atoms with van der Waals surface area (Å²) in [6.07, 6.45) is 5.59. The second-order valence-corrected chi connectivity index (χ2v) is 4.74. The normalized spacial score (nSPS) is 18.8. The van der Waals surface area contributed by atoms with E-state index < -0.39 is 0 Å². The van der Waals surface area contributed by atoms with Crippen LogP contribution in [-0.2, 0) is 17.8 Å². The van der Waals surface area contributed by atoms with Crippen molar-refractivity contribution in [3.63, 3.8) is 0 Å². The molecule has 1 atom stereocenters. The van der Waals surface area contributed by atoms with Crippen molar-refractivity contribution >= 4 is 5.91 Å². The number of pyridine rings is 1. The number of rotatable bonds is 5. The van der Waals surface area contributed by atoms with Gasteiger partial charge in [0, 0.05) is 18.7 Å². The van der Waals surface area contributed by atoms with Gasteiger partial charge in [0.05, 0.1) is 12.2 Å². The molecule has 0 aromatic carbocycles. The molecule has 2 rings (SSSR count). The van der Waals surface area contributed by atoms with Crippen LogP contribution >= 0.6 is 0 Å². The van der Waals surface area contributed by atoms with Crippen LogP contribution in [0.15, 0.2) is 18.3 Å². The highest BCUT2D eigenvalue weighted by Gasteiger charge is 2.17. The number of nitrogens with zero attached hydrogens (tertiary/aromatic N) is 1. The fourth-order valence-corrected chi connectivity index (χ4v) is 2.36. The molecule has 1 saturated heterocycles. The first kappa shape index (κ1) is 13.0. The average Bonchev–Trinajstić information content (AvgIpc) is 2.89. The lowest BCUT2D eigenvalue weighted by atomic mass is 10.1. The Bertz CT molecular complexity index is 400. The SMILES string of the molecule is CCc1cccnc1CNC(=O)CC1CCCN1. The smallest absolute Gasteiger partial charge is 0.221 e. The topological polar surface area (TPSA) is 54.0 Å². The molecular formula is C14H21N3O. The summed E-state index contributed by atoms with van der Waals surface area (Å²) in [7, 11) is 0.